The molecule has 0 aromatic heterocycles. The maximum absolute atomic E-state index is 13.5. The van der Waals surface area contributed by atoms with Crippen LogP contribution < -0.4 is 15.8 Å². The van der Waals surface area contributed by atoms with Gasteiger partial charge in [-0.2, -0.15) is 0 Å². The Morgan fingerprint density at radius 2 is 2.05 bits per heavy atom. The number of nitrogen functional groups attached to an aromatic ring is 1. The first-order valence-corrected chi connectivity index (χ1v) is 7.55. The van der Waals surface area contributed by atoms with E-state index in [2.05, 4.69) is 10.0 Å². The summed E-state index contributed by atoms with van der Waals surface area (Å²) >= 11 is 0. The van der Waals surface area contributed by atoms with Gasteiger partial charge in [0.05, 0.1) is 5.69 Å². The number of anilines is 1. The molecule has 6 nitrogen and oxygen atoms in total. The van der Waals surface area contributed by atoms with Gasteiger partial charge < -0.3 is 11.1 Å². The summed E-state index contributed by atoms with van der Waals surface area (Å²) in [6.07, 6.45) is -0.0359. The largest absolute Gasteiger partial charge is 0.398 e. The number of benzene rings is 1. The molecule has 20 heavy (non-hydrogen) atoms. The summed E-state index contributed by atoms with van der Waals surface area (Å²) in [4.78, 5) is 10.8. The summed E-state index contributed by atoms with van der Waals surface area (Å²) in [6.45, 7) is 3.46. The fourth-order valence-electron chi connectivity index (χ4n) is 1.57. The Balaban J connectivity index is 2.70. The molecule has 0 unspecified atom stereocenters. The maximum atomic E-state index is 13.5. The summed E-state index contributed by atoms with van der Waals surface area (Å²) in [5.74, 6) is -1.21. The molecular weight excluding hydrogens is 285 g/mol. The topological polar surface area (TPSA) is 101 Å². The van der Waals surface area contributed by atoms with E-state index in [4.69, 9.17) is 5.73 Å². The van der Waals surface area contributed by atoms with Crippen LogP contribution in [0.2, 0.25) is 0 Å². The molecule has 0 bridgehead atoms. The quantitative estimate of drug-likeness (QED) is 0.670. The van der Waals surface area contributed by atoms with Crippen LogP contribution in [-0.4, -0.2) is 26.9 Å². The van der Waals surface area contributed by atoms with Crippen molar-refractivity contribution in [3.63, 3.8) is 0 Å². The normalized spacial score (nSPS) is 11.6. The monoisotopic (exact) mass is 303 g/mol. The van der Waals surface area contributed by atoms with E-state index in [0.29, 0.717) is 0 Å². The molecule has 0 radical (unpaired) electrons. The Hall–Kier alpha value is -1.67. The molecule has 1 aromatic rings. The maximum Gasteiger partial charge on any atom is 0.245 e. The van der Waals surface area contributed by atoms with Gasteiger partial charge in [-0.3, -0.25) is 4.79 Å². The molecule has 8 heteroatoms. The molecule has 0 saturated heterocycles. The van der Waals surface area contributed by atoms with Gasteiger partial charge in [-0.05, 0) is 26.0 Å². The van der Waals surface area contributed by atoms with E-state index in [9.17, 15) is 17.6 Å². The van der Waals surface area contributed by atoms with Crippen LogP contribution in [0.5, 0.6) is 0 Å². The number of amides is 1. The number of carbonyl (C=O) groups is 1. The van der Waals surface area contributed by atoms with Gasteiger partial charge in [0, 0.05) is 19.0 Å². The van der Waals surface area contributed by atoms with Crippen LogP contribution in [0, 0.1) is 5.82 Å². The molecule has 0 aliphatic rings. The van der Waals surface area contributed by atoms with Gasteiger partial charge in [-0.25, -0.2) is 17.5 Å². The molecule has 0 heterocycles. The van der Waals surface area contributed by atoms with Gasteiger partial charge in [0.25, 0.3) is 0 Å². The zero-order chi connectivity index (χ0) is 15.3. The van der Waals surface area contributed by atoms with Crippen molar-refractivity contribution in [3.8, 4) is 0 Å². The number of hydrogen-bond acceptors (Lipinski definition) is 4. The SMILES string of the molecule is CC(C)NC(=O)CCNS(=O)(=O)c1c(N)cccc1F. The third-order valence-corrected chi connectivity index (χ3v) is 3.91. The number of halogens is 1. The van der Waals surface area contributed by atoms with E-state index in [1.165, 1.54) is 12.1 Å². The molecule has 112 valence electrons. The van der Waals surface area contributed by atoms with E-state index in [1.54, 1.807) is 13.8 Å². The highest BCUT2D eigenvalue weighted by atomic mass is 32.2. The lowest BCUT2D eigenvalue weighted by atomic mass is 10.3. The van der Waals surface area contributed by atoms with Gasteiger partial charge in [-0.1, -0.05) is 6.07 Å². The van der Waals surface area contributed by atoms with Gasteiger partial charge >= 0.3 is 0 Å². The first-order chi connectivity index (χ1) is 9.24. The highest BCUT2D eigenvalue weighted by Gasteiger charge is 2.21. The average molecular weight is 303 g/mol. The standard InChI is InChI=1S/C12H18FN3O3S/c1-8(2)16-11(17)6-7-15-20(18,19)12-9(13)4-3-5-10(12)14/h3-5,8,15H,6-7,14H2,1-2H3,(H,16,17). The van der Waals surface area contributed by atoms with Crippen LogP contribution in [0.4, 0.5) is 10.1 Å². The van der Waals surface area contributed by atoms with Crippen molar-refractivity contribution in [2.45, 2.75) is 31.2 Å². The summed E-state index contributed by atoms with van der Waals surface area (Å²) in [5.41, 5.74) is 5.29. The number of hydrogen-bond donors (Lipinski definition) is 3. The Bertz CT molecular complexity index is 567. The van der Waals surface area contributed by atoms with Crippen LogP contribution in [0.25, 0.3) is 0 Å². The Morgan fingerprint density at radius 1 is 1.40 bits per heavy atom. The third kappa shape index (κ3) is 4.46. The van der Waals surface area contributed by atoms with Gasteiger partial charge in [0.2, 0.25) is 15.9 Å². The molecule has 0 fully saturated rings. The molecule has 0 spiro atoms. The Kier molecular flexibility index (Phi) is 5.46. The summed E-state index contributed by atoms with van der Waals surface area (Å²) < 4.78 is 39.5. The number of carbonyl (C=O) groups excluding carboxylic acids is 1. The second-order valence-corrected chi connectivity index (χ2v) is 6.23. The summed E-state index contributed by atoms with van der Waals surface area (Å²) in [5, 5.41) is 2.62. The van der Waals surface area contributed by atoms with Gasteiger partial charge in [-0.15, -0.1) is 0 Å². The van der Waals surface area contributed by atoms with Crippen molar-refractivity contribution < 1.29 is 17.6 Å². The minimum absolute atomic E-state index is 0.0266. The van der Waals surface area contributed by atoms with Crippen LogP contribution >= 0.6 is 0 Å². The van der Waals surface area contributed by atoms with E-state index < -0.39 is 20.7 Å². The predicted octanol–water partition coefficient (Wildman–Crippen LogP) is 0.601. The molecular formula is C12H18FN3O3S. The number of nitrogens with one attached hydrogen (secondary N) is 2. The first-order valence-electron chi connectivity index (χ1n) is 6.07. The smallest absolute Gasteiger partial charge is 0.245 e. The summed E-state index contributed by atoms with van der Waals surface area (Å²) in [7, 11) is -4.08. The van der Waals surface area contributed by atoms with E-state index >= 15 is 0 Å². The fraction of sp³-hybridized carbons (Fsp3) is 0.417. The molecule has 1 amide bonds. The molecule has 4 N–H and O–H groups in total. The Morgan fingerprint density at radius 3 is 2.60 bits per heavy atom. The first kappa shape index (κ1) is 16.4. The Labute approximate surface area is 117 Å². The van der Waals surface area contributed by atoms with Crippen molar-refractivity contribution in [2.75, 3.05) is 12.3 Å². The van der Waals surface area contributed by atoms with Crippen LogP contribution in [-0.2, 0) is 14.8 Å². The van der Waals surface area contributed by atoms with Gasteiger partial charge in [0.15, 0.2) is 0 Å². The zero-order valence-corrected chi connectivity index (χ0v) is 12.1. The van der Waals surface area contributed by atoms with Crippen molar-refractivity contribution >= 4 is 21.6 Å². The average Bonchev–Trinajstić information content (AvgIpc) is 2.26. The lowest BCUT2D eigenvalue weighted by molar-refractivity contribution is -0.121. The third-order valence-electron chi connectivity index (χ3n) is 2.36. The number of sulfonamides is 1. The van der Waals surface area contributed by atoms with Crippen LogP contribution in [0.15, 0.2) is 23.1 Å². The van der Waals surface area contributed by atoms with Crippen molar-refractivity contribution in [1.29, 1.82) is 0 Å². The second-order valence-electron chi connectivity index (χ2n) is 4.53. The van der Waals surface area contributed by atoms with E-state index in [0.717, 1.165) is 6.07 Å². The lowest BCUT2D eigenvalue weighted by Crippen LogP contribution is -2.34. The highest BCUT2D eigenvalue weighted by Crippen LogP contribution is 2.21. The zero-order valence-electron chi connectivity index (χ0n) is 11.3. The molecule has 0 aliphatic carbocycles. The number of nitrogens with two attached hydrogens (primary N) is 1. The molecule has 0 atom stereocenters. The van der Waals surface area contributed by atoms with Crippen molar-refractivity contribution in [2.24, 2.45) is 0 Å². The second kappa shape index (κ2) is 6.67. The summed E-state index contributed by atoms with van der Waals surface area (Å²) in [6, 6.07) is 3.60. The fourth-order valence-corrected chi connectivity index (χ4v) is 2.79. The van der Waals surface area contributed by atoms with E-state index in [1.807, 2.05) is 0 Å². The molecule has 0 aliphatic heterocycles. The van der Waals surface area contributed by atoms with E-state index in [-0.39, 0.29) is 30.6 Å². The predicted molar refractivity (Wildman–Crippen MR) is 73.9 cm³/mol. The lowest BCUT2D eigenvalue weighted by Gasteiger charge is -2.11. The molecule has 1 rings (SSSR count). The number of rotatable bonds is 6. The molecule has 0 saturated carbocycles. The van der Waals surface area contributed by atoms with Crippen LogP contribution in [0.1, 0.15) is 20.3 Å². The highest BCUT2D eigenvalue weighted by molar-refractivity contribution is 7.89. The van der Waals surface area contributed by atoms with Crippen molar-refractivity contribution in [1.82, 2.24) is 10.0 Å². The minimum Gasteiger partial charge on any atom is -0.398 e. The van der Waals surface area contributed by atoms with Crippen molar-refractivity contribution in [3.05, 3.63) is 24.0 Å². The van der Waals surface area contributed by atoms with Gasteiger partial charge in [0.1, 0.15) is 10.7 Å². The minimum atomic E-state index is -4.08. The van der Waals surface area contributed by atoms with Crippen LogP contribution in [0.3, 0.4) is 0 Å². The molecule has 1 aromatic carbocycles.